The fourth-order valence-corrected chi connectivity index (χ4v) is 4.14. The number of carbonyl (C=O) groups is 1. The summed E-state index contributed by atoms with van der Waals surface area (Å²) in [4.78, 5) is 14.7. The molecule has 0 unspecified atom stereocenters. The maximum Gasteiger partial charge on any atom is 0.256 e. The normalized spacial score (nSPS) is 10.5. The Balaban J connectivity index is 1.74. The van der Waals surface area contributed by atoms with Crippen molar-refractivity contribution < 1.29 is 4.79 Å². The third-order valence-electron chi connectivity index (χ3n) is 3.79. The van der Waals surface area contributed by atoms with Crippen molar-refractivity contribution in [2.75, 3.05) is 11.6 Å². The summed E-state index contributed by atoms with van der Waals surface area (Å²) in [6.07, 6.45) is 1.97. The number of hydrogen-bond donors (Lipinski definition) is 1. The Bertz CT molecular complexity index is 897. The minimum Gasteiger partial charge on any atom is -0.321 e. The molecule has 0 aliphatic heterocycles. The van der Waals surface area contributed by atoms with Gasteiger partial charge in [-0.3, -0.25) is 4.79 Å². The van der Waals surface area contributed by atoms with Gasteiger partial charge in [-0.25, -0.2) is 0 Å². The first kappa shape index (κ1) is 18.9. The van der Waals surface area contributed by atoms with Crippen molar-refractivity contribution in [3.63, 3.8) is 0 Å². The number of rotatable bonds is 6. The van der Waals surface area contributed by atoms with Gasteiger partial charge < -0.3 is 5.32 Å². The molecule has 3 aromatic rings. The molecule has 0 aliphatic rings. The van der Waals surface area contributed by atoms with Crippen LogP contribution in [-0.2, 0) is 5.75 Å². The summed E-state index contributed by atoms with van der Waals surface area (Å²) < 4.78 is 0. The number of nitrogens with one attached hydrogen (secondary N) is 1. The predicted molar refractivity (Wildman–Crippen MR) is 114 cm³/mol. The molecule has 0 saturated carbocycles. The average Bonchev–Trinajstić information content (AvgIpc) is 2.68. The fraction of sp³-hybridized carbons (Fsp3) is 0.0952. The van der Waals surface area contributed by atoms with E-state index < -0.39 is 0 Å². The maximum atomic E-state index is 12.7. The number of thioether (sulfide) groups is 2. The van der Waals surface area contributed by atoms with Gasteiger partial charge in [0.25, 0.3) is 5.91 Å². The van der Waals surface area contributed by atoms with E-state index >= 15 is 0 Å². The Morgan fingerprint density at radius 1 is 0.923 bits per heavy atom. The molecular weight excluding hydrogens is 382 g/mol. The third-order valence-corrected chi connectivity index (χ3v) is 5.99. The van der Waals surface area contributed by atoms with Crippen LogP contribution in [0.1, 0.15) is 15.9 Å². The molecule has 0 heterocycles. The van der Waals surface area contributed by atoms with Crippen LogP contribution in [-0.4, -0.2) is 12.2 Å². The van der Waals surface area contributed by atoms with Crippen molar-refractivity contribution in [3.05, 3.63) is 88.9 Å². The third kappa shape index (κ3) is 4.85. The van der Waals surface area contributed by atoms with E-state index in [4.69, 9.17) is 11.6 Å². The lowest BCUT2D eigenvalue weighted by atomic mass is 10.2. The van der Waals surface area contributed by atoms with E-state index in [2.05, 4.69) is 5.32 Å². The van der Waals surface area contributed by atoms with Crippen molar-refractivity contribution in [1.29, 1.82) is 0 Å². The number of amides is 1. The molecule has 1 amide bonds. The minimum absolute atomic E-state index is 0.0884. The largest absolute Gasteiger partial charge is 0.321 e. The molecule has 2 nitrogen and oxygen atoms in total. The van der Waals surface area contributed by atoms with Gasteiger partial charge in [-0.05, 0) is 48.2 Å². The molecule has 0 saturated heterocycles. The van der Waals surface area contributed by atoms with Gasteiger partial charge in [-0.2, -0.15) is 0 Å². The summed E-state index contributed by atoms with van der Waals surface area (Å²) in [5, 5.41) is 3.79. The first-order valence-electron chi connectivity index (χ1n) is 8.08. The van der Waals surface area contributed by atoms with E-state index in [1.54, 1.807) is 23.5 Å². The highest BCUT2D eigenvalue weighted by atomic mass is 35.5. The van der Waals surface area contributed by atoms with Crippen molar-refractivity contribution in [2.45, 2.75) is 15.5 Å². The molecule has 132 valence electrons. The van der Waals surface area contributed by atoms with Gasteiger partial charge >= 0.3 is 0 Å². The van der Waals surface area contributed by atoms with Crippen molar-refractivity contribution in [1.82, 2.24) is 0 Å². The highest BCUT2D eigenvalue weighted by Crippen LogP contribution is 2.31. The van der Waals surface area contributed by atoms with Crippen molar-refractivity contribution >= 4 is 46.7 Å². The van der Waals surface area contributed by atoms with Crippen LogP contribution in [0, 0.1) is 0 Å². The highest BCUT2D eigenvalue weighted by Gasteiger charge is 2.12. The van der Waals surface area contributed by atoms with Crippen molar-refractivity contribution in [3.8, 4) is 0 Å². The molecule has 3 aromatic carbocycles. The summed E-state index contributed by atoms with van der Waals surface area (Å²) in [7, 11) is 0. The Kier molecular flexibility index (Phi) is 6.67. The molecule has 1 N–H and O–H groups in total. The van der Waals surface area contributed by atoms with E-state index in [-0.39, 0.29) is 5.91 Å². The first-order valence-corrected chi connectivity index (χ1v) is 10.7. The van der Waals surface area contributed by atoms with Gasteiger partial charge in [0.05, 0.1) is 11.3 Å². The van der Waals surface area contributed by atoms with Crippen LogP contribution < -0.4 is 5.32 Å². The first-order chi connectivity index (χ1) is 12.7. The second kappa shape index (κ2) is 9.17. The lowest BCUT2D eigenvalue weighted by Crippen LogP contribution is -2.13. The topological polar surface area (TPSA) is 29.1 Å². The Morgan fingerprint density at radius 3 is 2.31 bits per heavy atom. The molecule has 0 fully saturated rings. The van der Waals surface area contributed by atoms with Crippen LogP contribution in [0.2, 0.25) is 5.02 Å². The van der Waals surface area contributed by atoms with E-state index in [0.717, 1.165) is 26.3 Å². The SMILES string of the molecule is CSc1ccccc1C(=O)Nc1ccccc1SCc1ccc(Cl)cc1. The zero-order valence-electron chi connectivity index (χ0n) is 14.2. The molecule has 3 rings (SSSR count). The van der Waals surface area contributed by atoms with Crippen LogP contribution in [0.5, 0.6) is 0 Å². The van der Waals surface area contributed by atoms with Crippen LogP contribution in [0.15, 0.2) is 82.6 Å². The molecule has 0 aromatic heterocycles. The van der Waals surface area contributed by atoms with Gasteiger partial charge in [0, 0.05) is 20.6 Å². The van der Waals surface area contributed by atoms with Crippen LogP contribution in [0.25, 0.3) is 0 Å². The molecule has 0 radical (unpaired) electrons. The number of carbonyl (C=O) groups excluding carboxylic acids is 1. The number of para-hydroxylation sites is 1. The lowest BCUT2D eigenvalue weighted by molar-refractivity contribution is 0.102. The summed E-state index contributed by atoms with van der Waals surface area (Å²) in [6, 6.07) is 23.3. The predicted octanol–water partition coefficient (Wildman–Crippen LogP) is 6.61. The lowest BCUT2D eigenvalue weighted by Gasteiger charge is -2.12. The average molecular weight is 400 g/mol. The summed E-state index contributed by atoms with van der Waals surface area (Å²) in [5.74, 6) is 0.723. The number of halogens is 1. The highest BCUT2D eigenvalue weighted by molar-refractivity contribution is 7.99. The van der Waals surface area contributed by atoms with Gasteiger partial charge in [-0.15, -0.1) is 23.5 Å². The molecule has 0 atom stereocenters. The van der Waals surface area contributed by atoms with Crippen LogP contribution in [0.3, 0.4) is 0 Å². The number of anilines is 1. The maximum absolute atomic E-state index is 12.7. The molecule has 0 spiro atoms. The van der Waals surface area contributed by atoms with Crippen LogP contribution >= 0.6 is 35.1 Å². The summed E-state index contributed by atoms with van der Waals surface area (Å²) in [6.45, 7) is 0. The molecule has 5 heteroatoms. The fourth-order valence-electron chi connectivity index (χ4n) is 2.46. The van der Waals surface area contributed by atoms with Gasteiger partial charge in [0.15, 0.2) is 0 Å². The van der Waals surface area contributed by atoms with Gasteiger partial charge in [0.1, 0.15) is 0 Å². The minimum atomic E-state index is -0.0884. The van der Waals surface area contributed by atoms with Gasteiger partial charge in [0.2, 0.25) is 0 Å². The molecule has 26 heavy (non-hydrogen) atoms. The molecule has 0 bridgehead atoms. The summed E-state index contributed by atoms with van der Waals surface area (Å²) in [5.41, 5.74) is 2.71. The zero-order valence-corrected chi connectivity index (χ0v) is 16.6. The van der Waals surface area contributed by atoms with Gasteiger partial charge in [-0.1, -0.05) is 48.0 Å². The molecule has 0 aliphatic carbocycles. The molecular formula is C21H18ClNOS2. The monoisotopic (exact) mass is 399 g/mol. The van der Waals surface area contributed by atoms with E-state index in [1.807, 2.05) is 79.1 Å². The van der Waals surface area contributed by atoms with E-state index in [1.165, 1.54) is 5.56 Å². The van der Waals surface area contributed by atoms with E-state index in [0.29, 0.717) is 5.56 Å². The number of benzene rings is 3. The van der Waals surface area contributed by atoms with Crippen molar-refractivity contribution in [2.24, 2.45) is 0 Å². The Hall–Kier alpha value is -1.88. The van der Waals surface area contributed by atoms with E-state index in [9.17, 15) is 4.79 Å². The Morgan fingerprint density at radius 2 is 1.58 bits per heavy atom. The second-order valence-corrected chi connectivity index (χ2v) is 7.87. The Labute approximate surface area is 167 Å². The number of hydrogen-bond acceptors (Lipinski definition) is 3. The summed E-state index contributed by atoms with van der Waals surface area (Å²) >= 11 is 9.20. The van der Waals surface area contributed by atoms with Crippen LogP contribution in [0.4, 0.5) is 5.69 Å². The quantitative estimate of drug-likeness (QED) is 0.473. The standard InChI is InChI=1S/C21H18ClNOS2/c1-25-19-8-4-2-6-17(19)21(24)23-18-7-3-5-9-20(18)26-14-15-10-12-16(22)13-11-15/h2-13H,14H2,1H3,(H,23,24). The zero-order chi connectivity index (χ0) is 18.4. The second-order valence-electron chi connectivity index (χ2n) is 5.57. The smallest absolute Gasteiger partial charge is 0.256 e.